The van der Waals surface area contributed by atoms with Gasteiger partial charge in [-0.25, -0.2) is 4.79 Å². The minimum atomic E-state index is -1.15. The van der Waals surface area contributed by atoms with Crippen molar-refractivity contribution in [1.29, 1.82) is 0 Å². The number of aliphatic carboxylic acids is 2. The quantitative estimate of drug-likeness (QED) is 0.320. The van der Waals surface area contributed by atoms with E-state index in [9.17, 15) is 24.3 Å². The van der Waals surface area contributed by atoms with E-state index in [-0.39, 0.29) is 11.9 Å². The monoisotopic (exact) mass is 523 g/mol. The molecular weight excluding hydrogens is 494 g/mol. The van der Waals surface area contributed by atoms with Gasteiger partial charge < -0.3 is 20.7 Å². The molecule has 2 aromatic rings. The number of carbonyl (C=O) groups is 4. The molecule has 0 radical (unpaired) electrons. The Labute approximate surface area is 218 Å². The fourth-order valence-electron chi connectivity index (χ4n) is 4.54. The molecule has 0 aromatic heterocycles. The second-order valence-corrected chi connectivity index (χ2v) is 9.12. The first-order valence-corrected chi connectivity index (χ1v) is 12.1. The number of cyclic esters (lactones) is 1. The van der Waals surface area contributed by atoms with Crippen molar-refractivity contribution in [2.75, 3.05) is 44.2 Å². The molecule has 0 saturated carbocycles. The number of piperazine rings is 1. The molecule has 4 N–H and O–H groups in total. The smallest absolute Gasteiger partial charge is 0.414 e. The molecule has 12 heteroatoms. The maximum atomic E-state index is 12.5. The lowest BCUT2D eigenvalue weighted by molar-refractivity contribution is -0.150. The number of amidine groups is 1. The number of nitrogens with two attached hydrogens (primary N) is 1. The largest absolute Gasteiger partial charge is 0.481 e. The molecule has 2 saturated heterocycles. The molecule has 2 fully saturated rings. The average molecular weight is 524 g/mol. The van der Waals surface area contributed by atoms with Gasteiger partial charge in [0, 0.05) is 49.5 Å². The third-order valence-corrected chi connectivity index (χ3v) is 6.55. The highest BCUT2D eigenvalue weighted by atomic mass is 16.6. The maximum Gasteiger partial charge on any atom is 0.414 e. The van der Waals surface area contributed by atoms with Crippen molar-refractivity contribution < 1.29 is 34.1 Å². The predicted octanol–water partition coefficient (Wildman–Crippen LogP) is 1.10. The van der Waals surface area contributed by atoms with Gasteiger partial charge in [0.25, 0.3) is 5.91 Å². The summed E-state index contributed by atoms with van der Waals surface area (Å²) in [6.07, 6.45) is -1.31. The first kappa shape index (κ1) is 26.8. The van der Waals surface area contributed by atoms with Crippen LogP contribution in [0, 0.1) is 0 Å². The number of hydrogen-bond acceptors (Lipinski definition) is 7. The van der Waals surface area contributed by atoms with Crippen LogP contribution in [0.5, 0.6) is 0 Å². The van der Waals surface area contributed by atoms with Crippen molar-refractivity contribution in [3.8, 4) is 0 Å². The maximum absolute atomic E-state index is 12.5. The Morgan fingerprint density at radius 1 is 0.974 bits per heavy atom. The van der Waals surface area contributed by atoms with Gasteiger partial charge in [0.2, 0.25) is 0 Å². The minimum absolute atomic E-state index is 0.0694. The van der Waals surface area contributed by atoms with Crippen LogP contribution < -0.4 is 10.6 Å². The third-order valence-electron chi connectivity index (χ3n) is 6.55. The summed E-state index contributed by atoms with van der Waals surface area (Å²) in [5.41, 5.74) is 7.60. The fraction of sp³-hybridized carbons (Fsp3) is 0.346. The number of anilines is 1. The number of hydrogen-bond donors (Lipinski definition) is 3. The number of rotatable bonds is 9. The molecule has 2 unspecified atom stereocenters. The first-order chi connectivity index (χ1) is 18.2. The van der Waals surface area contributed by atoms with Crippen LogP contribution in [0.15, 0.2) is 59.6 Å². The summed E-state index contributed by atoms with van der Waals surface area (Å²) in [5.74, 6) is -2.68. The molecule has 2 aromatic carbocycles. The Morgan fingerprint density at radius 3 is 2.24 bits per heavy atom. The number of nitrogens with zero attached hydrogens (tertiary/aromatic N) is 4. The van der Waals surface area contributed by atoms with Crippen LogP contribution in [-0.2, 0) is 14.3 Å². The van der Waals surface area contributed by atoms with E-state index in [2.05, 4.69) is 9.89 Å². The van der Waals surface area contributed by atoms with Crippen LogP contribution in [0.25, 0.3) is 0 Å². The highest BCUT2D eigenvalue weighted by Crippen LogP contribution is 2.23. The molecule has 0 aliphatic carbocycles. The molecule has 2 aliphatic rings. The second kappa shape index (κ2) is 11.8. The molecule has 2 amide bonds. The predicted molar refractivity (Wildman–Crippen MR) is 137 cm³/mol. The van der Waals surface area contributed by atoms with Gasteiger partial charge in [-0.05, 0) is 36.4 Å². The molecule has 38 heavy (non-hydrogen) atoms. The topological polar surface area (TPSA) is 166 Å². The average Bonchev–Trinajstić information content (AvgIpc) is 3.27. The number of amides is 2. The van der Waals surface area contributed by atoms with Crippen molar-refractivity contribution in [2.24, 2.45) is 10.7 Å². The number of carbonyl (C=O) groups excluding carboxylic acids is 2. The van der Waals surface area contributed by atoms with Crippen molar-refractivity contribution >= 4 is 35.5 Å². The van der Waals surface area contributed by atoms with Crippen LogP contribution >= 0.6 is 0 Å². The minimum Gasteiger partial charge on any atom is -0.481 e. The summed E-state index contributed by atoms with van der Waals surface area (Å²) >= 11 is 0. The van der Waals surface area contributed by atoms with Gasteiger partial charge in [0.05, 0.1) is 13.0 Å². The summed E-state index contributed by atoms with van der Waals surface area (Å²) < 4.78 is 5.54. The Balaban J connectivity index is 1.31. The van der Waals surface area contributed by atoms with Crippen LogP contribution in [0.1, 0.15) is 22.3 Å². The molecule has 200 valence electrons. The summed E-state index contributed by atoms with van der Waals surface area (Å²) in [6.45, 7) is 2.70. The Kier molecular flexibility index (Phi) is 8.34. The van der Waals surface area contributed by atoms with Crippen LogP contribution in [0.2, 0.25) is 0 Å². The normalized spacial score (nSPS) is 19.7. The third kappa shape index (κ3) is 6.52. The molecule has 2 aliphatic heterocycles. The number of ether oxygens (including phenoxy) is 1. The summed E-state index contributed by atoms with van der Waals surface area (Å²) in [5, 5.41) is 18.3. The van der Waals surface area contributed by atoms with E-state index in [1.165, 1.54) is 4.90 Å². The zero-order valence-electron chi connectivity index (χ0n) is 20.6. The van der Waals surface area contributed by atoms with E-state index >= 15 is 0 Å². The molecule has 2 heterocycles. The molecule has 2 atom stereocenters. The van der Waals surface area contributed by atoms with Crippen molar-refractivity contribution in [3.63, 3.8) is 0 Å². The van der Waals surface area contributed by atoms with Gasteiger partial charge in [0.1, 0.15) is 18.0 Å². The van der Waals surface area contributed by atoms with Crippen LogP contribution in [0.4, 0.5) is 10.5 Å². The summed E-state index contributed by atoms with van der Waals surface area (Å²) in [6, 6.07) is 14.3. The van der Waals surface area contributed by atoms with Crippen molar-refractivity contribution in [1.82, 2.24) is 9.80 Å². The lowest BCUT2D eigenvalue weighted by Gasteiger charge is -2.37. The van der Waals surface area contributed by atoms with Gasteiger partial charge in [0.15, 0.2) is 0 Å². The van der Waals surface area contributed by atoms with Crippen molar-refractivity contribution in [3.05, 3.63) is 65.7 Å². The summed E-state index contributed by atoms with van der Waals surface area (Å²) in [4.78, 5) is 56.5. The van der Waals surface area contributed by atoms with Crippen LogP contribution in [-0.4, -0.2) is 101 Å². The fourth-order valence-corrected chi connectivity index (χ4v) is 4.54. The zero-order valence-corrected chi connectivity index (χ0v) is 20.6. The SMILES string of the molecule is NC(=NC(=O)c1ccccc1)c1ccc(N2CC(CN3CCN(C(CC(=O)O)C(=O)O)CC3)OC2=O)cc1. The zero-order chi connectivity index (χ0) is 27.2. The highest BCUT2D eigenvalue weighted by molar-refractivity contribution is 6.09. The summed E-state index contributed by atoms with van der Waals surface area (Å²) in [7, 11) is 0. The van der Waals surface area contributed by atoms with Gasteiger partial charge >= 0.3 is 18.0 Å². The highest BCUT2D eigenvalue weighted by Gasteiger charge is 2.35. The lowest BCUT2D eigenvalue weighted by Crippen LogP contribution is -2.54. The van der Waals surface area contributed by atoms with E-state index < -0.39 is 36.4 Å². The van der Waals surface area contributed by atoms with Gasteiger partial charge in [-0.2, -0.15) is 4.99 Å². The van der Waals surface area contributed by atoms with Crippen molar-refractivity contribution in [2.45, 2.75) is 18.6 Å². The molecule has 0 spiro atoms. The van der Waals surface area contributed by atoms with E-state index in [0.29, 0.717) is 56.1 Å². The molecule has 0 bridgehead atoms. The van der Waals surface area contributed by atoms with E-state index in [4.69, 9.17) is 15.6 Å². The van der Waals surface area contributed by atoms with Gasteiger partial charge in [-0.3, -0.25) is 29.1 Å². The Bertz CT molecular complexity index is 1210. The van der Waals surface area contributed by atoms with Gasteiger partial charge in [-0.15, -0.1) is 0 Å². The number of carboxylic acid groups (broad SMARTS) is 2. The first-order valence-electron chi connectivity index (χ1n) is 12.1. The number of benzene rings is 2. The van der Waals surface area contributed by atoms with Gasteiger partial charge in [-0.1, -0.05) is 18.2 Å². The Morgan fingerprint density at radius 2 is 1.63 bits per heavy atom. The lowest BCUT2D eigenvalue weighted by atomic mass is 10.1. The number of carboxylic acids is 2. The Hall–Kier alpha value is -4.29. The van der Waals surface area contributed by atoms with E-state index in [1.807, 2.05) is 0 Å². The molecule has 4 rings (SSSR count). The molecular formula is C26H29N5O7. The van der Waals surface area contributed by atoms with E-state index in [0.717, 1.165) is 0 Å². The van der Waals surface area contributed by atoms with Crippen LogP contribution in [0.3, 0.4) is 0 Å². The standard InChI is InChI=1S/C26H29N5O7/c27-23(28-24(34)18-4-2-1-3-5-18)17-6-8-19(9-7-17)31-16-20(38-26(31)37)15-29-10-12-30(13-11-29)21(25(35)36)14-22(32)33/h1-9,20-21H,10-16H2,(H,32,33)(H,35,36)(H2,27,28,34). The number of aliphatic imine (C=N–C) groups is 1. The second-order valence-electron chi connectivity index (χ2n) is 9.12. The molecule has 12 nitrogen and oxygen atoms in total. The van der Waals surface area contributed by atoms with E-state index in [1.54, 1.807) is 59.5 Å².